The fourth-order valence-electron chi connectivity index (χ4n) is 2.12. The summed E-state index contributed by atoms with van der Waals surface area (Å²) in [7, 11) is 0. The first-order chi connectivity index (χ1) is 11.5. The van der Waals surface area contributed by atoms with E-state index in [1.54, 1.807) is 32.0 Å². The number of carbonyl (C=O) groups excluding carboxylic acids is 2. The highest BCUT2D eigenvalue weighted by atomic mass is 32.1. The van der Waals surface area contributed by atoms with Crippen LogP contribution < -0.4 is 5.73 Å². The molecule has 2 aromatic rings. The molecule has 0 amide bonds. The molecule has 0 aliphatic carbocycles. The van der Waals surface area contributed by atoms with E-state index in [1.807, 2.05) is 12.1 Å². The molecule has 0 saturated heterocycles. The maximum atomic E-state index is 12.2. The number of esters is 2. The van der Waals surface area contributed by atoms with Gasteiger partial charge < -0.3 is 15.2 Å². The molecule has 1 heterocycles. The number of thiophene rings is 1. The van der Waals surface area contributed by atoms with E-state index in [-0.39, 0.29) is 34.2 Å². The summed E-state index contributed by atoms with van der Waals surface area (Å²) in [6.07, 6.45) is 0. The van der Waals surface area contributed by atoms with E-state index in [1.165, 1.54) is 0 Å². The van der Waals surface area contributed by atoms with Gasteiger partial charge in [-0.1, -0.05) is 18.2 Å². The smallest absolute Gasteiger partial charge is 0.348 e. The van der Waals surface area contributed by atoms with Crippen molar-refractivity contribution in [2.75, 3.05) is 12.3 Å². The molecule has 0 atom stereocenters. The highest BCUT2D eigenvalue weighted by molar-refractivity contribution is 7.18. The number of nitriles is 1. The lowest BCUT2D eigenvalue weighted by Crippen LogP contribution is -2.10. The summed E-state index contributed by atoms with van der Waals surface area (Å²) in [6, 6.07) is 8.94. The second-order valence-electron chi connectivity index (χ2n) is 4.87. The van der Waals surface area contributed by atoms with Crippen LogP contribution in [0.15, 0.2) is 24.3 Å². The fraction of sp³-hybridized carbons (Fsp3) is 0.235. The van der Waals surface area contributed by atoms with E-state index in [4.69, 9.17) is 15.2 Å². The summed E-state index contributed by atoms with van der Waals surface area (Å²) in [4.78, 5) is 24.4. The van der Waals surface area contributed by atoms with Crippen molar-refractivity contribution in [1.82, 2.24) is 0 Å². The third kappa shape index (κ3) is 3.55. The molecule has 0 bridgehead atoms. The Hall–Kier alpha value is -2.85. The SMILES string of the molecule is CCOC(=O)c1sc(N)c(C#N)c1COC(=O)c1ccccc1C. The zero-order valence-electron chi connectivity index (χ0n) is 13.3. The second kappa shape index (κ2) is 7.62. The van der Waals surface area contributed by atoms with E-state index in [2.05, 4.69) is 0 Å². The highest BCUT2D eigenvalue weighted by Gasteiger charge is 2.24. The summed E-state index contributed by atoms with van der Waals surface area (Å²) in [5.41, 5.74) is 7.40. The van der Waals surface area contributed by atoms with E-state index in [9.17, 15) is 14.9 Å². The lowest BCUT2D eigenvalue weighted by molar-refractivity contribution is 0.0452. The van der Waals surface area contributed by atoms with Gasteiger partial charge in [-0.05, 0) is 25.5 Å². The maximum absolute atomic E-state index is 12.2. The molecule has 0 saturated carbocycles. The summed E-state index contributed by atoms with van der Waals surface area (Å²) in [5, 5.41) is 9.43. The predicted octanol–water partition coefficient (Wildman–Crippen LogP) is 3.04. The zero-order chi connectivity index (χ0) is 17.7. The van der Waals surface area contributed by atoms with Gasteiger partial charge in [0.05, 0.1) is 17.7 Å². The van der Waals surface area contributed by atoms with Gasteiger partial charge in [-0.2, -0.15) is 5.26 Å². The third-order valence-electron chi connectivity index (χ3n) is 3.32. The number of benzene rings is 1. The summed E-state index contributed by atoms with van der Waals surface area (Å²) >= 11 is 0.954. The number of hydrogen-bond acceptors (Lipinski definition) is 7. The number of ether oxygens (including phenoxy) is 2. The third-order valence-corrected chi connectivity index (χ3v) is 4.36. The standard InChI is InChI=1S/C17H16N2O4S/c1-3-22-17(21)14-13(12(8-18)15(19)24-14)9-23-16(20)11-7-5-4-6-10(11)2/h4-7H,3,9,19H2,1-2H3. The number of nitrogen functional groups attached to an aromatic ring is 1. The molecule has 1 aromatic carbocycles. The van der Waals surface area contributed by atoms with Gasteiger partial charge in [0.2, 0.25) is 0 Å². The van der Waals surface area contributed by atoms with Crippen LogP contribution in [0.2, 0.25) is 0 Å². The number of nitrogens with two attached hydrogens (primary N) is 1. The van der Waals surface area contributed by atoms with Gasteiger partial charge in [0.1, 0.15) is 22.6 Å². The Morgan fingerprint density at radius 3 is 2.58 bits per heavy atom. The first-order valence-corrected chi connectivity index (χ1v) is 8.02. The molecule has 6 nitrogen and oxygen atoms in total. The first kappa shape index (κ1) is 17.5. The number of nitrogens with zero attached hydrogens (tertiary/aromatic N) is 1. The van der Waals surface area contributed by atoms with Gasteiger partial charge in [0.25, 0.3) is 0 Å². The van der Waals surface area contributed by atoms with Crippen molar-refractivity contribution in [3.8, 4) is 6.07 Å². The molecule has 2 N–H and O–H groups in total. The Bertz CT molecular complexity index is 820. The van der Waals surface area contributed by atoms with Gasteiger partial charge in [-0.3, -0.25) is 0 Å². The minimum Gasteiger partial charge on any atom is -0.462 e. The Morgan fingerprint density at radius 2 is 1.96 bits per heavy atom. The molecular formula is C17H16N2O4S. The van der Waals surface area contributed by atoms with Crippen molar-refractivity contribution in [2.45, 2.75) is 20.5 Å². The van der Waals surface area contributed by atoms with Crippen LogP contribution in [0.4, 0.5) is 5.00 Å². The topological polar surface area (TPSA) is 102 Å². The van der Waals surface area contributed by atoms with Crippen LogP contribution in [0.3, 0.4) is 0 Å². The van der Waals surface area contributed by atoms with Crippen molar-refractivity contribution in [3.63, 3.8) is 0 Å². The number of hydrogen-bond donors (Lipinski definition) is 1. The van der Waals surface area contributed by atoms with E-state index in [0.29, 0.717) is 5.56 Å². The lowest BCUT2D eigenvalue weighted by atomic mass is 10.1. The molecule has 1 aromatic heterocycles. The minimum absolute atomic E-state index is 0.139. The minimum atomic E-state index is -0.586. The van der Waals surface area contributed by atoms with Crippen molar-refractivity contribution in [2.24, 2.45) is 0 Å². The van der Waals surface area contributed by atoms with Crippen molar-refractivity contribution in [1.29, 1.82) is 5.26 Å². The predicted molar refractivity (Wildman–Crippen MR) is 89.7 cm³/mol. The molecule has 24 heavy (non-hydrogen) atoms. The number of anilines is 1. The molecular weight excluding hydrogens is 328 g/mol. The number of aryl methyl sites for hydroxylation is 1. The van der Waals surface area contributed by atoms with Crippen LogP contribution in [-0.2, 0) is 16.1 Å². The van der Waals surface area contributed by atoms with Crippen molar-refractivity contribution in [3.05, 3.63) is 51.4 Å². The van der Waals surface area contributed by atoms with Gasteiger partial charge in [0, 0.05) is 5.56 Å². The van der Waals surface area contributed by atoms with Gasteiger partial charge in [-0.25, -0.2) is 9.59 Å². The van der Waals surface area contributed by atoms with Crippen molar-refractivity contribution < 1.29 is 19.1 Å². The van der Waals surface area contributed by atoms with Crippen LogP contribution in [0.5, 0.6) is 0 Å². The van der Waals surface area contributed by atoms with Gasteiger partial charge >= 0.3 is 11.9 Å². The summed E-state index contributed by atoms with van der Waals surface area (Å²) in [6.45, 7) is 3.45. The van der Waals surface area contributed by atoms with Crippen LogP contribution in [0.1, 0.15) is 43.6 Å². The monoisotopic (exact) mass is 344 g/mol. The molecule has 7 heteroatoms. The average Bonchev–Trinajstić information content (AvgIpc) is 2.89. The van der Waals surface area contributed by atoms with Crippen LogP contribution in [-0.4, -0.2) is 18.5 Å². The van der Waals surface area contributed by atoms with Crippen molar-refractivity contribution >= 4 is 28.3 Å². The molecule has 0 aliphatic heterocycles. The normalized spacial score (nSPS) is 10.0. The largest absolute Gasteiger partial charge is 0.462 e. The van der Waals surface area contributed by atoms with E-state index < -0.39 is 11.9 Å². The lowest BCUT2D eigenvalue weighted by Gasteiger charge is -2.08. The number of rotatable bonds is 5. The van der Waals surface area contributed by atoms with Gasteiger partial charge in [0.15, 0.2) is 0 Å². The molecule has 0 aliphatic rings. The summed E-state index contributed by atoms with van der Waals surface area (Å²) in [5.74, 6) is -1.12. The maximum Gasteiger partial charge on any atom is 0.348 e. The Morgan fingerprint density at radius 1 is 1.25 bits per heavy atom. The van der Waals surface area contributed by atoms with Gasteiger partial charge in [-0.15, -0.1) is 11.3 Å². The fourth-order valence-corrected chi connectivity index (χ4v) is 3.04. The highest BCUT2D eigenvalue weighted by Crippen LogP contribution is 2.32. The van der Waals surface area contributed by atoms with E-state index >= 15 is 0 Å². The molecule has 0 unspecified atom stereocenters. The Balaban J connectivity index is 2.26. The molecule has 124 valence electrons. The molecule has 0 fully saturated rings. The average molecular weight is 344 g/mol. The van der Waals surface area contributed by atoms with Crippen LogP contribution in [0.25, 0.3) is 0 Å². The Labute approximate surface area is 143 Å². The number of carbonyl (C=O) groups is 2. The molecule has 2 rings (SSSR count). The second-order valence-corrected chi connectivity index (χ2v) is 5.92. The molecule has 0 radical (unpaired) electrons. The van der Waals surface area contributed by atoms with Crippen LogP contribution in [0, 0.1) is 18.3 Å². The van der Waals surface area contributed by atoms with Crippen LogP contribution >= 0.6 is 11.3 Å². The van der Waals surface area contributed by atoms with E-state index in [0.717, 1.165) is 16.9 Å². The molecule has 0 spiro atoms. The summed E-state index contributed by atoms with van der Waals surface area (Å²) < 4.78 is 10.2. The zero-order valence-corrected chi connectivity index (χ0v) is 14.1. The quantitative estimate of drug-likeness (QED) is 0.836. The first-order valence-electron chi connectivity index (χ1n) is 7.20. The Kier molecular flexibility index (Phi) is 5.55.